The van der Waals surface area contributed by atoms with Crippen LogP contribution in [0.5, 0.6) is 0 Å². The standard InChI is InChI=1S/C14H20N2O3/c17-10-13(18)9-15-12-5-3-4-11(8-12)14(19)16-6-1-2-7-16/h3-5,8,13,15,17-18H,1-2,6-7,9-10H2. The first-order chi connectivity index (χ1) is 9.20. The van der Waals surface area contributed by atoms with Crippen LogP contribution in [0.2, 0.25) is 0 Å². The van der Waals surface area contributed by atoms with Gasteiger partial charge in [-0.2, -0.15) is 0 Å². The first kappa shape index (κ1) is 13.8. The number of hydrogen-bond donors (Lipinski definition) is 3. The zero-order valence-electron chi connectivity index (χ0n) is 10.9. The van der Waals surface area contributed by atoms with Crippen LogP contribution in [0, 0.1) is 0 Å². The lowest BCUT2D eigenvalue weighted by atomic mass is 10.1. The molecule has 1 saturated heterocycles. The molecule has 1 atom stereocenters. The van der Waals surface area contributed by atoms with Gasteiger partial charge in [0.05, 0.1) is 12.7 Å². The van der Waals surface area contributed by atoms with E-state index in [-0.39, 0.29) is 19.1 Å². The van der Waals surface area contributed by atoms with Crippen LogP contribution >= 0.6 is 0 Å². The number of rotatable bonds is 5. The molecule has 0 bridgehead atoms. The van der Waals surface area contributed by atoms with E-state index in [0.29, 0.717) is 5.56 Å². The molecule has 0 aliphatic carbocycles. The summed E-state index contributed by atoms with van der Waals surface area (Å²) < 4.78 is 0. The summed E-state index contributed by atoms with van der Waals surface area (Å²) in [4.78, 5) is 14.1. The molecule has 1 unspecified atom stereocenters. The fourth-order valence-electron chi connectivity index (χ4n) is 2.17. The number of anilines is 1. The molecule has 1 amide bonds. The van der Waals surface area contributed by atoms with Gasteiger partial charge < -0.3 is 20.4 Å². The van der Waals surface area contributed by atoms with Crippen molar-refractivity contribution in [3.63, 3.8) is 0 Å². The predicted octanol–water partition coefficient (Wildman–Crippen LogP) is 0.688. The molecular weight excluding hydrogens is 244 g/mol. The highest BCUT2D eigenvalue weighted by molar-refractivity contribution is 5.95. The normalized spacial score (nSPS) is 16.4. The van der Waals surface area contributed by atoms with Crippen LogP contribution < -0.4 is 5.32 Å². The Morgan fingerprint density at radius 3 is 2.79 bits per heavy atom. The monoisotopic (exact) mass is 264 g/mol. The van der Waals surface area contributed by atoms with Gasteiger partial charge in [-0.1, -0.05) is 6.07 Å². The zero-order chi connectivity index (χ0) is 13.7. The minimum absolute atomic E-state index is 0.0591. The maximum Gasteiger partial charge on any atom is 0.253 e. The Morgan fingerprint density at radius 1 is 1.37 bits per heavy atom. The summed E-state index contributed by atoms with van der Waals surface area (Å²) in [6.45, 7) is 1.65. The zero-order valence-corrected chi connectivity index (χ0v) is 10.9. The van der Waals surface area contributed by atoms with E-state index >= 15 is 0 Å². The third-order valence-corrected chi connectivity index (χ3v) is 3.26. The second-order valence-corrected chi connectivity index (χ2v) is 4.80. The Labute approximate surface area is 112 Å². The summed E-state index contributed by atoms with van der Waals surface area (Å²) in [5.74, 6) is 0.0591. The van der Waals surface area contributed by atoms with Gasteiger partial charge in [-0.25, -0.2) is 0 Å². The highest BCUT2D eigenvalue weighted by Gasteiger charge is 2.19. The van der Waals surface area contributed by atoms with E-state index < -0.39 is 6.10 Å². The molecule has 2 rings (SSSR count). The third kappa shape index (κ3) is 3.68. The molecule has 0 aromatic heterocycles. The van der Waals surface area contributed by atoms with Crippen molar-refractivity contribution in [1.29, 1.82) is 0 Å². The van der Waals surface area contributed by atoms with Crippen LogP contribution in [-0.4, -0.2) is 53.4 Å². The molecule has 1 aromatic carbocycles. The average Bonchev–Trinajstić information content (AvgIpc) is 2.98. The fraction of sp³-hybridized carbons (Fsp3) is 0.500. The van der Waals surface area contributed by atoms with E-state index in [4.69, 9.17) is 5.11 Å². The summed E-state index contributed by atoms with van der Waals surface area (Å²) in [6, 6.07) is 7.24. The van der Waals surface area contributed by atoms with Gasteiger partial charge in [0.2, 0.25) is 0 Å². The number of hydrogen-bond acceptors (Lipinski definition) is 4. The number of carbonyl (C=O) groups excluding carboxylic acids is 1. The Kier molecular flexibility index (Phi) is 4.76. The topological polar surface area (TPSA) is 72.8 Å². The van der Waals surface area contributed by atoms with Gasteiger partial charge in [-0.05, 0) is 31.0 Å². The summed E-state index contributed by atoms with van der Waals surface area (Å²) in [5, 5.41) is 21.0. The van der Waals surface area contributed by atoms with Crippen molar-refractivity contribution < 1.29 is 15.0 Å². The molecule has 1 fully saturated rings. The maximum atomic E-state index is 12.2. The van der Waals surface area contributed by atoms with Gasteiger partial charge in [-0.15, -0.1) is 0 Å². The highest BCUT2D eigenvalue weighted by atomic mass is 16.3. The highest BCUT2D eigenvalue weighted by Crippen LogP contribution is 2.16. The largest absolute Gasteiger partial charge is 0.394 e. The summed E-state index contributed by atoms with van der Waals surface area (Å²) in [5.41, 5.74) is 1.43. The Balaban J connectivity index is 1.99. The van der Waals surface area contributed by atoms with Crippen LogP contribution in [0.4, 0.5) is 5.69 Å². The lowest BCUT2D eigenvalue weighted by Crippen LogP contribution is -2.27. The van der Waals surface area contributed by atoms with E-state index in [9.17, 15) is 9.90 Å². The van der Waals surface area contributed by atoms with Crippen LogP contribution in [0.1, 0.15) is 23.2 Å². The first-order valence-corrected chi connectivity index (χ1v) is 6.63. The minimum Gasteiger partial charge on any atom is -0.394 e. The van der Waals surface area contributed by atoms with Crippen LogP contribution in [0.15, 0.2) is 24.3 Å². The summed E-state index contributed by atoms with van der Waals surface area (Å²) in [6.07, 6.45) is 1.36. The number of benzene rings is 1. The Bertz CT molecular complexity index is 430. The quantitative estimate of drug-likeness (QED) is 0.731. The Hall–Kier alpha value is -1.59. The molecule has 1 aliphatic heterocycles. The maximum absolute atomic E-state index is 12.2. The molecule has 0 saturated carbocycles. The van der Waals surface area contributed by atoms with Gasteiger partial charge in [0, 0.05) is 30.9 Å². The van der Waals surface area contributed by atoms with Crippen molar-refractivity contribution in [3.05, 3.63) is 29.8 Å². The SMILES string of the molecule is O=C(c1cccc(NCC(O)CO)c1)N1CCCC1. The molecule has 0 spiro atoms. The van der Waals surface area contributed by atoms with Crippen molar-refractivity contribution in [1.82, 2.24) is 4.90 Å². The van der Waals surface area contributed by atoms with Crippen LogP contribution in [0.25, 0.3) is 0 Å². The second-order valence-electron chi connectivity index (χ2n) is 4.80. The van der Waals surface area contributed by atoms with Crippen molar-refractivity contribution in [2.24, 2.45) is 0 Å². The van der Waals surface area contributed by atoms with Gasteiger partial charge >= 0.3 is 0 Å². The van der Waals surface area contributed by atoms with E-state index in [1.54, 1.807) is 12.1 Å². The van der Waals surface area contributed by atoms with Crippen molar-refractivity contribution in [3.8, 4) is 0 Å². The number of likely N-dealkylation sites (tertiary alicyclic amines) is 1. The van der Waals surface area contributed by atoms with Gasteiger partial charge in [0.25, 0.3) is 5.91 Å². The molecule has 0 radical (unpaired) electrons. The fourth-order valence-corrected chi connectivity index (χ4v) is 2.17. The molecule has 1 heterocycles. The average molecular weight is 264 g/mol. The molecule has 5 nitrogen and oxygen atoms in total. The number of aliphatic hydroxyl groups excluding tert-OH is 2. The van der Waals surface area contributed by atoms with E-state index in [1.165, 1.54) is 0 Å². The van der Waals surface area contributed by atoms with Crippen molar-refractivity contribution in [2.45, 2.75) is 18.9 Å². The van der Waals surface area contributed by atoms with E-state index in [2.05, 4.69) is 5.32 Å². The molecule has 3 N–H and O–H groups in total. The van der Waals surface area contributed by atoms with E-state index in [1.807, 2.05) is 17.0 Å². The number of aliphatic hydroxyl groups is 2. The number of nitrogens with one attached hydrogen (secondary N) is 1. The minimum atomic E-state index is -0.794. The lowest BCUT2D eigenvalue weighted by Gasteiger charge is -2.16. The van der Waals surface area contributed by atoms with E-state index in [0.717, 1.165) is 31.6 Å². The molecule has 5 heteroatoms. The lowest BCUT2D eigenvalue weighted by molar-refractivity contribution is 0.0793. The molecular formula is C14H20N2O3. The Morgan fingerprint density at radius 2 is 2.11 bits per heavy atom. The third-order valence-electron chi connectivity index (χ3n) is 3.26. The number of amides is 1. The van der Waals surface area contributed by atoms with Gasteiger partial charge in [-0.3, -0.25) is 4.79 Å². The van der Waals surface area contributed by atoms with Crippen molar-refractivity contribution >= 4 is 11.6 Å². The predicted molar refractivity (Wildman–Crippen MR) is 73.2 cm³/mol. The van der Waals surface area contributed by atoms with Crippen molar-refractivity contribution in [2.75, 3.05) is 31.6 Å². The molecule has 19 heavy (non-hydrogen) atoms. The molecule has 1 aromatic rings. The van der Waals surface area contributed by atoms with Crippen LogP contribution in [-0.2, 0) is 0 Å². The van der Waals surface area contributed by atoms with Gasteiger partial charge in [0.15, 0.2) is 0 Å². The first-order valence-electron chi connectivity index (χ1n) is 6.63. The molecule has 1 aliphatic rings. The number of nitrogens with zero attached hydrogens (tertiary/aromatic N) is 1. The molecule has 104 valence electrons. The second kappa shape index (κ2) is 6.54. The smallest absolute Gasteiger partial charge is 0.253 e. The summed E-state index contributed by atoms with van der Waals surface area (Å²) >= 11 is 0. The van der Waals surface area contributed by atoms with Crippen LogP contribution in [0.3, 0.4) is 0 Å². The van der Waals surface area contributed by atoms with Gasteiger partial charge in [0.1, 0.15) is 0 Å². The summed E-state index contributed by atoms with van der Waals surface area (Å²) in [7, 11) is 0. The number of carbonyl (C=O) groups is 1.